The van der Waals surface area contributed by atoms with Gasteiger partial charge in [-0.3, -0.25) is 9.69 Å². The van der Waals surface area contributed by atoms with E-state index >= 15 is 0 Å². The van der Waals surface area contributed by atoms with Crippen LogP contribution < -0.4 is 9.64 Å². The molecule has 2 fully saturated rings. The van der Waals surface area contributed by atoms with Crippen molar-refractivity contribution < 1.29 is 9.53 Å². The maximum atomic E-state index is 12.9. The molecule has 132 valence electrons. The zero-order valence-corrected chi connectivity index (χ0v) is 14.6. The fraction of sp³-hybridized carbons (Fsp3) is 0.706. The number of rotatable bonds is 4. The number of anilines is 1. The second kappa shape index (κ2) is 7.79. The van der Waals surface area contributed by atoms with Crippen LogP contribution in [0.2, 0.25) is 0 Å². The van der Waals surface area contributed by atoms with Gasteiger partial charge in [0.05, 0.1) is 13.2 Å². The van der Waals surface area contributed by atoms with E-state index in [0.29, 0.717) is 17.7 Å². The quantitative estimate of drug-likeness (QED) is 0.819. The first-order valence-corrected chi connectivity index (χ1v) is 8.87. The Kier molecular flexibility index (Phi) is 5.50. The largest absolute Gasteiger partial charge is 0.481 e. The van der Waals surface area contributed by atoms with E-state index in [1.54, 1.807) is 19.4 Å². The number of piperidine rings is 1. The summed E-state index contributed by atoms with van der Waals surface area (Å²) in [7, 11) is 1.60. The molecule has 7 nitrogen and oxygen atoms in total. The third-order valence-corrected chi connectivity index (χ3v) is 5.01. The number of likely N-dealkylation sites (tertiary alicyclic amines) is 1. The SMILES string of the molecule is CCN1CCCCC1C(=O)N1CCN(c2nccc(OC)n2)CC1. The molecular weight excluding hydrogens is 306 g/mol. The molecule has 7 heteroatoms. The number of amides is 1. The second-order valence-corrected chi connectivity index (χ2v) is 6.35. The third kappa shape index (κ3) is 3.61. The number of methoxy groups -OCH3 is 1. The Labute approximate surface area is 143 Å². The lowest BCUT2D eigenvalue weighted by atomic mass is 10.0. The van der Waals surface area contributed by atoms with Gasteiger partial charge in [-0.1, -0.05) is 13.3 Å². The molecule has 1 amide bonds. The molecule has 1 aromatic heterocycles. The van der Waals surface area contributed by atoms with Crippen LogP contribution in [0.3, 0.4) is 0 Å². The summed E-state index contributed by atoms with van der Waals surface area (Å²) < 4.78 is 5.16. The molecule has 24 heavy (non-hydrogen) atoms. The van der Waals surface area contributed by atoms with Crippen LogP contribution in [0.4, 0.5) is 5.95 Å². The second-order valence-electron chi connectivity index (χ2n) is 6.35. The summed E-state index contributed by atoms with van der Waals surface area (Å²) in [6.45, 7) is 7.12. The highest BCUT2D eigenvalue weighted by Crippen LogP contribution is 2.20. The summed E-state index contributed by atoms with van der Waals surface area (Å²) >= 11 is 0. The number of hydrogen-bond donors (Lipinski definition) is 0. The smallest absolute Gasteiger partial charge is 0.240 e. The average molecular weight is 333 g/mol. The van der Waals surface area contributed by atoms with Gasteiger partial charge in [0.2, 0.25) is 17.7 Å². The highest BCUT2D eigenvalue weighted by molar-refractivity contribution is 5.82. The van der Waals surface area contributed by atoms with E-state index in [-0.39, 0.29) is 6.04 Å². The van der Waals surface area contributed by atoms with Crippen molar-refractivity contribution >= 4 is 11.9 Å². The highest BCUT2D eigenvalue weighted by Gasteiger charge is 2.32. The molecule has 1 aromatic rings. The third-order valence-electron chi connectivity index (χ3n) is 5.01. The van der Waals surface area contributed by atoms with E-state index in [4.69, 9.17) is 4.74 Å². The van der Waals surface area contributed by atoms with Crippen LogP contribution in [0.15, 0.2) is 12.3 Å². The molecule has 0 aliphatic carbocycles. The van der Waals surface area contributed by atoms with Gasteiger partial charge in [-0.05, 0) is 25.9 Å². The van der Waals surface area contributed by atoms with E-state index in [0.717, 1.165) is 52.1 Å². The minimum atomic E-state index is 0.0726. The molecular formula is C17H27N5O2. The van der Waals surface area contributed by atoms with Crippen molar-refractivity contribution in [1.82, 2.24) is 19.8 Å². The Morgan fingerprint density at radius 1 is 1.25 bits per heavy atom. The Morgan fingerprint density at radius 2 is 2.04 bits per heavy atom. The predicted octanol–water partition coefficient (Wildman–Crippen LogP) is 1.01. The Bertz CT molecular complexity index is 560. The minimum absolute atomic E-state index is 0.0726. The van der Waals surface area contributed by atoms with Gasteiger partial charge in [0.15, 0.2) is 0 Å². The molecule has 1 unspecified atom stereocenters. The molecule has 3 heterocycles. The number of nitrogens with zero attached hydrogens (tertiary/aromatic N) is 5. The summed E-state index contributed by atoms with van der Waals surface area (Å²) in [5.41, 5.74) is 0. The van der Waals surface area contributed by atoms with Crippen molar-refractivity contribution in [2.24, 2.45) is 0 Å². The number of ether oxygens (including phenoxy) is 1. The van der Waals surface area contributed by atoms with E-state index < -0.39 is 0 Å². The van der Waals surface area contributed by atoms with Gasteiger partial charge in [0, 0.05) is 38.4 Å². The van der Waals surface area contributed by atoms with Gasteiger partial charge < -0.3 is 14.5 Å². The van der Waals surface area contributed by atoms with Crippen molar-refractivity contribution in [1.29, 1.82) is 0 Å². The van der Waals surface area contributed by atoms with Crippen LogP contribution in [0, 0.1) is 0 Å². The van der Waals surface area contributed by atoms with Gasteiger partial charge in [0.1, 0.15) is 0 Å². The first kappa shape index (κ1) is 17.0. The zero-order chi connectivity index (χ0) is 16.9. The lowest BCUT2D eigenvalue weighted by molar-refractivity contribution is -0.138. The summed E-state index contributed by atoms with van der Waals surface area (Å²) in [4.78, 5) is 28.0. The van der Waals surface area contributed by atoms with Crippen molar-refractivity contribution in [2.75, 3.05) is 51.3 Å². The maximum Gasteiger partial charge on any atom is 0.240 e. The van der Waals surface area contributed by atoms with E-state index in [1.807, 2.05) is 4.90 Å². The predicted molar refractivity (Wildman–Crippen MR) is 92.3 cm³/mol. The van der Waals surface area contributed by atoms with Crippen molar-refractivity contribution in [3.63, 3.8) is 0 Å². The molecule has 2 saturated heterocycles. The maximum absolute atomic E-state index is 12.9. The fourth-order valence-corrected chi connectivity index (χ4v) is 3.59. The Balaban J connectivity index is 1.59. The molecule has 1 atom stereocenters. The molecule has 0 radical (unpaired) electrons. The molecule has 2 aliphatic rings. The number of carbonyl (C=O) groups is 1. The van der Waals surface area contributed by atoms with E-state index in [1.165, 1.54) is 6.42 Å². The first-order valence-electron chi connectivity index (χ1n) is 8.87. The highest BCUT2D eigenvalue weighted by atomic mass is 16.5. The molecule has 0 aromatic carbocycles. The number of piperazine rings is 1. The number of likely N-dealkylation sites (N-methyl/N-ethyl adjacent to an activating group) is 1. The van der Waals surface area contributed by atoms with Gasteiger partial charge in [0.25, 0.3) is 0 Å². The number of hydrogen-bond acceptors (Lipinski definition) is 6. The molecule has 0 bridgehead atoms. The van der Waals surface area contributed by atoms with Gasteiger partial charge in [-0.25, -0.2) is 4.98 Å². The Hall–Kier alpha value is -1.89. The molecule has 0 saturated carbocycles. The van der Waals surface area contributed by atoms with E-state index in [2.05, 4.69) is 26.7 Å². The van der Waals surface area contributed by atoms with Gasteiger partial charge in [-0.15, -0.1) is 0 Å². The molecule has 3 rings (SSSR count). The lowest BCUT2D eigenvalue weighted by Crippen LogP contribution is -2.56. The van der Waals surface area contributed by atoms with Crippen LogP contribution >= 0.6 is 0 Å². The molecule has 2 aliphatic heterocycles. The van der Waals surface area contributed by atoms with Crippen LogP contribution in [0.5, 0.6) is 5.88 Å². The average Bonchev–Trinajstić information content (AvgIpc) is 2.67. The summed E-state index contributed by atoms with van der Waals surface area (Å²) in [6.07, 6.45) is 5.06. The topological polar surface area (TPSA) is 61.8 Å². The first-order chi connectivity index (χ1) is 11.7. The normalized spacial score (nSPS) is 22.5. The monoisotopic (exact) mass is 333 g/mol. The van der Waals surface area contributed by atoms with E-state index in [9.17, 15) is 4.79 Å². The Morgan fingerprint density at radius 3 is 2.75 bits per heavy atom. The van der Waals surface area contributed by atoms with Crippen LogP contribution in [0.25, 0.3) is 0 Å². The van der Waals surface area contributed by atoms with Crippen molar-refractivity contribution in [2.45, 2.75) is 32.2 Å². The fourth-order valence-electron chi connectivity index (χ4n) is 3.59. The summed E-state index contributed by atoms with van der Waals surface area (Å²) in [5.74, 6) is 1.54. The van der Waals surface area contributed by atoms with Gasteiger partial charge >= 0.3 is 0 Å². The van der Waals surface area contributed by atoms with Crippen LogP contribution in [0.1, 0.15) is 26.2 Å². The number of aromatic nitrogens is 2. The molecule has 0 spiro atoms. The van der Waals surface area contributed by atoms with Crippen molar-refractivity contribution in [3.05, 3.63) is 12.3 Å². The zero-order valence-electron chi connectivity index (χ0n) is 14.6. The van der Waals surface area contributed by atoms with Crippen molar-refractivity contribution in [3.8, 4) is 5.88 Å². The van der Waals surface area contributed by atoms with Gasteiger partial charge in [-0.2, -0.15) is 4.98 Å². The molecule has 0 N–H and O–H groups in total. The number of carbonyl (C=O) groups excluding carboxylic acids is 1. The summed E-state index contributed by atoms with van der Waals surface area (Å²) in [6, 6.07) is 1.81. The minimum Gasteiger partial charge on any atom is -0.481 e. The van der Waals surface area contributed by atoms with Crippen LogP contribution in [-0.4, -0.2) is 78.1 Å². The lowest BCUT2D eigenvalue weighted by Gasteiger charge is -2.40. The summed E-state index contributed by atoms with van der Waals surface area (Å²) in [5, 5.41) is 0. The van der Waals surface area contributed by atoms with Crippen LogP contribution in [-0.2, 0) is 4.79 Å². The standard InChI is InChI=1S/C17H27N5O2/c1-3-20-9-5-4-6-14(20)16(23)21-10-12-22(13-11-21)17-18-8-7-15(19-17)24-2/h7-8,14H,3-6,9-13H2,1-2H3.